The van der Waals surface area contributed by atoms with Gasteiger partial charge in [0, 0.05) is 30.2 Å². The summed E-state index contributed by atoms with van der Waals surface area (Å²) in [5, 5.41) is 4.00. The van der Waals surface area contributed by atoms with E-state index < -0.39 is 23.6 Å². The number of hydrogen-bond acceptors (Lipinski definition) is 3. The molecule has 0 radical (unpaired) electrons. The quantitative estimate of drug-likeness (QED) is 0.528. The summed E-state index contributed by atoms with van der Waals surface area (Å²) in [6, 6.07) is 18.7. The normalized spacial score (nSPS) is 15.2. The topological polar surface area (TPSA) is 41.9 Å². The van der Waals surface area contributed by atoms with Crippen LogP contribution in [0.2, 0.25) is 0 Å². The Bertz CT molecular complexity index is 1140. The predicted octanol–water partition coefficient (Wildman–Crippen LogP) is 4.87. The molecule has 0 spiro atoms. The Morgan fingerprint density at radius 3 is 2.47 bits per heavy atom. The molecule has 1 amide bonds. The Morgan fingerprint density at radius 2 is 1.72 bits per heavy atom. The van der Waals surface area contributed by atoms with Gasteiger partial charge in [0.15, 0.2) is 6.10 Å². The molecule has 164 valence electrons. The average Bonchev–Trinajstić information content (AvgIpc) is 3.24. The van der Waals surface area contributed by atoms with Gasteiger partial charge in [0.25, 0.3) is 0 Å². The molecule has 1 heterocycles. The van der Waals surface area contributed by atoms with Crippen molar-refractivity contribution in [3.63, 3.8) is 0 Å². The highest BCUT2D eigenvalue weighted by Crippen LogP contribution is 2.21. The molecule has 0 aromatic heterocycles. The van der Waals surface area contributed by atoms with E-state index in [4.69, 9.17) is 4.84 Å². The monoisotopic (exact) mass is 438 g/mol. The Hall–Kier alpha value is -3.61. The van der Waals surface area contributed by atoms with E-state index in [9.17, 15) is 18.0 Å². The standard InChI is InChI=1S/C25H21F3N2O2/c26-19-11-10-18(23(28)13-19)15-30(25(31)12-17-6-2-1-3-7-17)16-20-14-24(29-32-20)21-8-4-5-9-22(21)27/h1-11,13,20H,12,14-16H2. The lowest BCUT2D eigenvalue weighted by Gasteiger charge is -2.25. The van der Waals surface area contributed by atoms with E-state index in [1.165, 1.54) is 17.0 Å². The summed E-state index contributed by atoms with van der Waals surface area (Å²) in [7, 11) is 0. The molecule has 0 aliphatic carbocycles. The van der Waals surface area contributed by atoms with E-state index in [0.29, 0.717) is 17.7 Å². The Labute approximate surface area is 183 Å². The van der Waals surface area contributed by atoms with Crippen LogP contribution in [0, 0.1) is 17.5 Å². The van der Waals surface area contributed by atoms with Crippen molar-refractivity contribution >= 4 is 11.6 Å². The van der Waals surface area contributed by atoms with Crippen LogP contribution in [0.25, 0.3) is 0 Å². The molecule has 1 aliphatic heterocycles. The molecule has 0 bridgehead atoms. The molecule has 4 rings (SSSR count). The second-order valence-electron chi connectivity index (χ2n) is 7.62. The van der Waals surface area contributed by atoms with Gasteiger partial charge < -0.3 is 9.74 Å². The van der Waals surface area contributed by atoms with Gasteiger partial charge in [-0.2, -0.15) is 0 Å². The minimum Gasteiger partial charge on any atom is -0.390 e. The van der Waals surface area contributed by atoms with E-state index in [1.807, 2.05) is 30.3 Å². The number of benzene rings is 3. The van der Waals surface area contributed by atoms with Crippen molar-refractivity contribution in [1.29, 1.82) is 0 Å². The molecule has 3 aromatic carbocycles. The maximum absolute atomic E-state index is 14.3. The van der Waals surface area contributed by atoms with Crippen LogP contribution in [-0.4, -0.2) is 29.2 Å². The first-order valence-electron chi connectivity index (χ1n) is 10.2. The van der Waals surface area contributed by atoms with Crippen molar-refractivity contribution < 1.29 is 22.8 Å². The Kier molecular flexibility index (Phi) is 6.54. The van der Waals surface area contributed by atoms with E-state index >= 15 is 0 Å². The molecule has 1 unspecified atom stereocenters. The highest BCUT2D eigenvalue weighted by Gasteiger charge is 2.28. The van der Waals surface area contributed by atoms with Gasteiger partial charge in [0.05, 0.1) is 18.7 Å². The van der Waals surface area contributed by atoms with Crippen molar-refractivity contribution in [2.75, 3.05) is 6.54 Å². The Balaban J connectivity index is 1.50. The molecule has 32 heavy (non-hydrogen) atoms. The fourth-order valence-electron chi connectivity index (χ4n) is 3.62. The number of carbonyl (C=O) groups is 1. The first-order valence-corrected chi connectivity index (χ1v) is 10.2. The summed E-state index contributed by atoms with van der Waals surface area (Å²) < 4.78 is 41.7. The van der Waals surface area contributed by atoms with Crippen molar-refractivity contribution in [2.45, 2.75) is 25.5 Å². The highest BCUT2D eigenvalue weighted by atomic mass is 19.1. The second kappa shape index (κ2) is 9.68. The summed E-state index contributed by atoms with van der Waals surface area (Å²) in [5.41, 5.74) is 1.82. The van der Waals surface area contributed by atoms with Gasteiger partial charge in [0.1, 0.15) is 17.5 Å². The SMILES string of the molecule is O=C(Cc1ccccc1)N(Cc1ccc(F)cc1F)CC1CC(c2ccccc2F)=NO1. The molecule has 4 nitrogen and oxygen atoms in total. The zero-order valence-corrected chi connectivity index (χ0v) is 17.2. The summed E-state index contributed by atoms with van der Waals surface area (Å²) in [4.78, 5) is 20.0. The zero-order chi connectivity index (χ0) is 22.5. The number of carbonyl (C=O) groups excluding carboxylic acids is 1. The summed E-state index contributed by atoms with van der Waals surface area (Å²) in [6.07, 6.45) is -0.0767. The minimum absolute atomic E-state index is 0.0489. The third-order valence-corrected chi connectivity index (χ3v) is 5.27. The molecular formula is C25H21F3N2O2. The third kappa shape index (κ3) is 5.17. The van der Waals surface area contributed by atoms with Gasteiger partial charge >= 0.3 is 0 Å². The van der Waals surface area contributed by atoms with Crippen LogP contribution in [0.5, 0.6) is 0 Å². The maximum atomic E-state index is 14.3. The number of hydrogen-bond donors (Lipinski definition) is 0. The maximum Gasteiger partial charge on any atom is 0.227 e. The molecule has 3 aromatic rings. The number of nitrogens with zero attached hydrogens (tertiary/aromatic N) is 2. The number of amides is 1. The van der Waals surface area contributed by atoms with Crippen LogP contribution < -0.4 is 0 Å². The number of halogens is 3. The van der Waals surface area contributed by atoms with Gasteiger partial charge in [-0.05, 0) is 17.7 Å². The van der Waals surface area contributed by atoms with Crippen LogP contribution in [-0.2, 0) is 22.6 Å². The largest absolute Gasteiger partial charge is 0.390 e. The highest BCUT2D eigenvalue weighted by molar-refractivity contribution is 6.01. The van der Waals surface area contributed by atoms with Crippen molar-refractivity contribution in [2.24, 2.45) is 5.16 Å². The molecule has 0 fully saturated rings. The van der Waals surface area contributed by atoms with Crippen LogP contribution in [0.3, 0.4) is 0 Å². The lowest BCUT2D eigenvalue weighted by Crippen LogP contribution is -2.38. The Morgan fingerprint density at radius 1 is 0.969 bits per heavy atom. The van der Waals surface area contributed by atoms with Crippen LogP contribution in [0.4, 0.5) is 13.2 Å². The lowest BCUT2D eigenvalue weighted by molar-refractivity contribution is -0.133. The third-order valence-electron chi connectivity index (χ3n) is 5.27. The molecule has 1 atom stereocenters. The van der Waals surface area contributed by atoms with Gasteiger partial charge in [-0.25, -0.2) is 13.2 Å². The smallest absolute Gasteiger partial charge is 0.227 e. The van der Waals surface area contributed by atoms with Crippen LogP contribution in [0.1, 0.15) is 23.1 Å². The average molecular weight is 438 g/mol. The van der Waals surface area contributed by atoms with E-state index in [0.717, 1.165) is 17.7 Å². The van der Waals surface area contributed by atoms with Gasteiger partial charge in [-0.3, -0.25) is 4.79 Å². The number of rotatable bonds is 7. The van der Waals surface area contributed by atoms with Crippen LogP contribution >= 0.6 is 0 Å². The molecule has 1 aliphatic rings. The fourth-order valence-corrected chi connectivity index (χ4v) is 3.62. The minimum atomic E-state index is -0.724. The zero-order valence-electron chi connectivity index (χ0n) is 17.2. The van der Waals surface area contributed by atoms with E-state index in [2.05, 4.69) is 5.16 Å². The van der Waals surface area contributed by atoms with Gasteiger partial charge in [0.2, 0.25) is 5.91 Å². The van der Waals surface area contributed by atoms with Gasteiger partial charge in [-0.15, -0.1) is 0 Å². The fraction of sp³-hybridized carbons (Fsp3) is 0.200. The van der Waals surface area contributed by atoms with Crippen molar-refractivity contribution in [3.8, 4) is 0 Å². The van der Waals surface area contributed by atoms with Crippen molar-refractivity contribution in [1.82, 2.24) is 4.90 Å². The molecule has 0 N–H and O–H groups in total. The van der Waals surface area contributed by atoms with Gasteiger partial charge in [-0.1, -0.05) is 59.8 Å². The second-order valence-corrected chi connectivity index (χ2v) is 7.62. The lowest BCUT2D eigenvalue weighted by atomic mass is 10.0. The summed E-state index contributed by atoms with van der Waals surface area (Å²) in [6.45, 7) is 0.0800. The summed E-state index contributed by atoms with van der Waals surface area (Å²) in [5.74, 6) is -2.04. The van der Waals surface area contributed by atoms with Crippen molar-refractivity contribution in [3.05, 3.63) is 107 Å². The first-order chi connectivity index (χ1) is 15.5. The number of oxime groups is 1. The van der Waals surface area contributed by atoms with E-state index in [1.54, 1.807) is 18.2 Å². The molecule has 0 saturated heterocycles. The van der Waals surface area contributed by atoms with E-state index in [-0.39, 0.29) is 31.0 Å². The first kappa shape index (κ1) is 21.6. The summed E-state index contributed by atoms with van der Waals surface area (Å²) >= 11 is 0. The molecule has 0 saturated carbocycles. The predicted molar refractivity (Wildman–Crippen MR) is 114 cm³/mol. The molecule has 7 heteroatoms. The molecular weight excluding hydrogens is 417 g/mol. The van der Waals surface area contributed by atoms with Crippen LogP contribution in [0.15, 0.2) is 78.0 Å².